The third-order valence-electron chi connectivity index (χ3n) is 2.21. The molecule has 0 spiro atoms. The van der Waals surface area contributed by atoms with E-state index in [2.05, 4.69) is 0 Å². The summed E-state index contributed by atoms with van der Waals surface area (Å²) in [5.41, 5.74) is 0.658. The predicted octanol–water partition coefficient (Wildman–Crippen LogP) is -3.74. The zero-order valence-corrected chi connectivity index (χ0v) is 13.0. The first kappa shape index (κ1) is 24.4. The van der Waals surface area contributed by atoms with Gasteiger partial charge in [-0.15, -0.1) is 0 Å². The zero-order chi connectivity index (χ0) is 18.7. The van der Waals surface area contributed by atoms with Crippen LogP contribution in [0.25, 0.3) is 0 Å². The van der Waals surface area contributed by atoms with Crippen LogP contribution in [0.2, 0.25) is 0 Å². The van der Waals surface area contributed by atoms with E-state index in [4.69, 9.17) is 46.0 Å². The quantitative estimate of drug-likeness (QED) is 0.207. The van der Waals surface area contributed by atoms with Gasteiger partial charge < -0.3 is 35.5 Å². The number of nitrogens with zero attached hydrogens (tertiary/aromatic N) is 2. The molecule has 0 heterocycles. The Balaban J connectivity index is 0. The molecule has 0 saturated heterocycles. The molecule has 124 valence electrons. The third-order valence-corrected chi connectivity index (χ3v) is 2.21. The summed E-state index contributed by atoms with van der Waals surface area (Å²) < 4.78 is 0. The van der Waals surface area contributed by atoms with Gasteiger partial charge in [0.2, 0.25) is 0 Å². The van der Waals surface area contributed by atoms with Crippen LogP contribution in [0.4, 0.5) is 0 Å². The van der Waals surface area contributed by atoms with E-state index in [1.807, 2.05) is 12.1 Å². The molecule has 0 aliphatic rings. The number of hydrogen-bond acceptors (Lipinski definition) is 9. The number of hydrogen-bond donors (Lipinski definition) is 6. The minimum atomic E-state index is -2.42. The molecule has 9 nitrogen and oxygen atoms in total. The minimum absolute atomic E-state index is 0. The normalized spacial score (nSPS) is 8.04. The number of phenols is 4. The van der Waals surface area contributed by atoms with Gasteiger partial charge >= 0.3 is 26.2 Å². The fourth-order valence-electron chi connectivity index (χ4n) is 1.19. The van der Waals surface area contributed by atoms with Crippen LogP contribution in [0.1, 0.15) is 11.1 Å². The average Bonchev–Trinajstić information content (AvgIpc) is 2.53. The van der Waals surface area contributed by atoms with Gasteiger partial charge in [0.05, 0.1) is 23.3 Å². The van der Waals surface area contributed by atoms with Gasteiger partial charge in [0.1, 0.15) is 0 Å². The first-order valence-corrected chi connectivity index (χ1v) is 6.07. The number of rotatable bonds is 0. The van der Waals surface area contributed by atoms with Crippen molar-refractivity contribution in [2.45, 2.75) is 0 Å². The molecule has 0 radical (unpaired) electrons. The van der Waals surface area contributed by atoms with E-state index in [0.29, 0.717) is 11.1 Å². The smallest absolute Gasteiger partial charge is 0.832 e. The van der Waals surface area contributed by atoms with E-state index in [0.717, 1.165) is 0 Å². The van der Waals surface area contributed by atoms with Crippen molar-refractivity contribution in [3.63, 3.8) is 0 Å². The van der Waals surface area contributed by atoms with Gasteiger partial charge in [-0.25, -0.2) is 0 Å². The second-order valence-corrected chi connectivity index (χ2v) is 3.96. The molecule has 0 amide bonds. The Labute approximate surface area is 155 Å². The van der Waals surface area contributed by atoms with Gasteiger partial charge in [0, 0.05) is 12.1 Å². The van der Waals surface area contributed by atoms with Crippen molar-refractivity contribution < 1.29 is 54.4 Å². The first-order valence-electron chi connectivity index (χ1n) is 6.07. The van der Waals surface area contributed by atoms with Crippen molar-refractivity contribution in [1.82, 2.24) is 0 Å². The van der Waals surface area contributed by atoms with Crippen molar-refractivity contribution >= 4 is 7.32 Å². The molecule has 0 unspecified atom stereocenters. The molecule has 0 aromatic heterocycles. The second-order valence-electron chi connectivity index (χ2n) is 3.96. The fourth-order valence-corrected chi connectivity index (χ4v) is 1.19. The van der Waals surface area contributed by atoms with Gasteiger partial charge in [-0.05, 0) is 24.3 Å². The van der Waals surface area contributed by atoms with Crippen LogP contribution < -0.4 is 23.9 Å². The molecular weight excluding hydrogens is 326 g/mol. The maximum Gasteiger partial charge on any atom is 1.00 e. The Morgan fingerprint density at radius 3 is 1.20 bits per heavy atom. The van der Waals surface area contributed by atoms with Crippen LogP contribution in [0, 0.1) is 22.7 Å². The molecule has 0 saturated carbocycles. The van der Waals surface area contributed by atoms with E-state index in [-0.39, 0.29) is 41.9 Å². The fraction of sp³-hybridized carbons (Fsp3) is 0. The SMILES string of the molecule is N#Cc1ccc(O)c(O)c1.N#Cc1ccc(O)c(O)c1.[Li+].[O-]B(O)O. The Bertz CT molecular complexity index is 696. The summed E-state index contributed by atoms with van der Waals surface area (Å²) in [6, 6.07) is 11.4. The largest absolute Gasteiger partial charge is 1.00 e. The molecule has 2 rings (SSSR count). The minimum Gasteiger partial charge on any atom is -0.832 e. The Morgan fingerprint density at radius 1 is 0.720 bits per heavy atom. The molecule has 2 aromatic rings. The van der Waals surface area contributed by atoms with Gasteiger partial charge in [-0.2, -0.15) is 10.5 Å². The molecule has 2 aromatic carbocycles. The third kappa shape index (κ3) is 10.5. The molecular formula is C14H12BLiN2O7. The molecule has 25 heavy (non-hydrogen) atoms. The number of nitriles is 2. The van der Waals surface area contributed by atoms with Crippen LogP contribution in [0.3, 0.4) is 0 Å². The van der Waals surface area contributed by atoms with Gasteiger partial charge in [-0.1, -0.05) is 0 Å². The van der Waals surface area contributed by atoms with Crippen molar-refractivity contribution in [3.05, 3.63) is 47.5 Å². The number of phenolic OH excluding ortho intramolecular Hbond substituents is 4. The van der Waals surface area contributed by atoms with Crippen LogP contribution in [-0.2, 0) is 0 Å². The summed E-state index contributed by atoms with van der Waals surface area (Å²) in [6.45, 7) is 0. The van der Waals surface area contributed by atoms with Crippen LogP contribution in [0.5, 0.6) is 23.0 Å². The summed E-state index contributed by atoms with van der Waals surface area (Å²) in [5.74, 6) is -0.948. The van der Waals surface area contributed by atoms with Crippen LogP contribution in [0.15, 0.2) is 36.4 Å². The summed E-state index contributed by atoms with van der Waals surface area (Å²) in [6.07, 6.45) is 0. The molecule has 0 fully saturated rings. The Hall–Kier alpha value is -2.84. The Morgan fingerprint density at radius 2 is 1.00 bits per heavy atom. The van der Waals surface area contributed by atoms with Crippen molar-refractivity contribution in [2.75, 3.05) is 0 Å². The first-order chi connectivity index (χ1) is 11.2. The monoisotopic (exact) mass is 338 g/mol. The van der Waals surface area contributed by atoms with E-state index in [1.54, 1.807) is 0 Å². The number of aromatic hydroxyl groups is 4. The molecule has 0 atom stereocenters. The van der Waals surface area contributed by atoms with E-state index in [1.165, 1.54) is 36.4 Å². The topological polar surface area (TPSA) is 192 Å². The van der Waals surface area contributed by atoms with Gasteiger partial charge in [0.25, 0.3) is 0 Å². The van der Waals surface area contributed by atoms with Crippen LogP contribution in [-0.4, -0.2) is 37.8 Å². The van der Waals surface area contributed by atoms with Crippen molar-refractivity contribution in [1.29, 1.82) is 10.5 Å². The molecule has 11 heteroatoms. The molecule has 0 aliphatic heterocycles. The summed E-state index contributed by atoms with van der Waals surface area (Å²) >= 11 is 0. The van der Waals surface area contributed by atoms with Gasteiger partial charge in [0.15, 0.2) is 23.0 Å². The van der Waals surface area contributed by atoms with Crippen molar-refractivity contribution in [2.24, 2.45) is 0 Å². The summed E-state index contributed by atoms with van der Waals surface area (Å²) in [4.78, 5) is 0. The van der Waals surface area contributed by atoms with Crippen LogP contribution >= 0.6 is 0 Å². The standard InChI is InChI=1S/2C7H5NO2.BH2O3.Li/c2*8-4-5-1-2-6(9)7(10)3-5;2-1(3)4;/h2*1-3,9-10H;2-3H;/q;;-1;+1. The van der Waals surface area contributed by atoms with E-state index >= 15 is 0 Å². The molecule has 0 aliphatic carbocycles. The number of benzene rings is 2. The van der Waals surface area contributed by atoms with E-state index < -0.39 is 7.32 Å². The zero-order valence-electron chi connectivity index (χ0n) is 13.0. The van der Waals surface area contributed by atoms with Crippen molar-refractivity contribution in [3.8, 4) is 35.1 Å². The summed E-state index contributed by atoms with van der Waals surface area (Å²) in [7, 11) is -2.42. The average molecular weight is 338 g/mol. The Kier molecular flexibility index (Phi) is 12.3. The van der Waals surface area contributed by atoms with Gasteiger partial charge in [-0.3, -0.25) is 0 Å². The maximum absolute atomic E-state index is 8.83. The second kappa shape index (κ2) is 12.6. The van der Waals surface area contributed by atoms with E-state index in [9.17, 15) is 0 Å². The molecule has 0 bridgehead atoms. The summed E-state index contributed by atoms with van der Waals surface area (Å²) in [5, 5.41) is 74.6. The predicted molar refractivity (Wildman–Crippen MR) is 79.2 cm³/mol. The molecule has 6 N–H and O–H groups in total. The maximum atomic E-state index is 8.83.